The predicted octanol–water partition coefficient (Wildman–Crippen LogP) is 5.39. The molecule has 0 radical (unpaired) electrons. The van der Waals surface area contributed by atoms with Crippen LogP contribution in [0.15, 0.2) is 78.9 Å². The Bertz CT molecular complexity index is 1530. The van der Waals surface area contributed by atoms with Crippen LogP contribution in [0.2, 0.25) is 0 Å². The Hall–Kier alpha value is -3.96. The Kier molecular flexibility index (Phi) is 14.5. The van der Waals surface area contributed by atoms with Crippen LogP contribution in [0.1, 0.15) is 74.8 Å². The third kappa shape index (κ3) is 10.8. The fourth-order valence-electron chi connectivity index (χ4n) is 7.38. The molecule has 1 heterocycles. The minimum absolute atomic E-state index is 0.0757. The molecule has 2 aliphatic rings. The quantitative estimate of drug-likeness (QED) is 0.138. The molecule has 1 aliphatic carbocycles. The van der Waals surface area contributed by atoms with Crippen LogP contribution in [0.4, 0.5) is 4.79 Å². The minimum Gasteiger partial charge on any atom is -0.492 e. The van der Waals surface area contributed by atoms with Crippen LogP contribution in [0.3, 0.4) is 0 Å². The first-order chi connectivity index (χ1) is 25.2. The second-order valence-electron chi connectivity index (χ2n) is 14.2. The van der Waals surface area contributed by atoms with Gasteiger partial charge in [0.15, 0.2) is 0 Å². The molecular formula is C42H57N3O7. The summed E-state index contributed by atoms with van der Waals surface area (Å²) in [5, 5.41) is 28.9. The summed E-state index contributed by atoms with van der Waals surface area (Å²) in [6.45, 7) is 10.7. The van der Waals surface area contributed by atoms with E-state index < -0.39 is 41.9 Å². The summed E-state index contributed by atoms with van der Waals surface area (Å²) in [6, 6.07) is 23.9. The SMILES string of the molecule is CCC(CC)(CC)OC(=O)N[C@@H](Cc1ccccc1)[C@@H](O)C[C@@H](Cc1ccc(OCCN2CCOCC2)cc1)C(=O)N[C@H]1c2ccccc2C[C@H]1O. The van der Waals surface area contributed by atoms with Gasteiger partial charge in [-0.05, 0) is 72.9 Å². The van der Waals surface area contributed by atoms with Crippen molar-refractivity contribution in [2.24, 2.45) is 5.92 Å². The number of alkyl carbamates (subject to hydrolysis) is 1. The lowest BCUT2D eigenvalue weighted by atomic mass is 9.88. The number of morpholine rings is 1. The van der Waals surface area contributed by atoms with Crippen molar-refractivity contribution in [1.82, 2.24) is 15.5 Å². The standard InChI is InChI=1S/C42H57N3O7/c1-4-42(5-2,6-3)52-41(49)43-36(27-30-12-8-7-9-13-30)37(46)29-33(40(48)44-39-35-15-11-10-14-32(35)28-38(39)47)26-31-16-18-34(19-17-31)51-25-22-45-20-23-50-24-21-45/h7-19,33,36-39,46-47H,4-6,20-29H2,1-3H3,(H,43,49)(H,44,48)/t33-,36+,37+,38-,39+/m1/s1. The molecule has 282 valence electrons. The molecule has 2 amide bonds. The number of hydrogen-bond donors (Lipinski definition) is 4. The fraction of sp³-hybridized carbons (Fsp3) is 0.524. The van der Waals surface area contributed by atoms with Crippen LogP contribution in [0.25, 0.3) is 0 Å². The lowest BCUT2D eigenvalue weighted by molar-refractivity contribution is -0.127. The molecule has 3 aromatic carbocycles. The molecule has 0 aromatic heterocycles. The van der Waals surface area contributed by atoms with Crippen LogP contribution in [0.5, 0.6) is 5.75 Å². The number of amides is 2. The van der Waals surface area contributed by atoms with Crippen molar-refractivity contribution in [3.8, 4) is 5.75 Å². The van der Waals surface area contributed by atoms with Gasteiger partial charge in [-0.15, -0.1) is 0 Å². The van der Waals surface area contributed by atoms with E-state index in [0.717, 1.165) is 60.9 Å². The Morgan fingerprint density at radius 2 is 1.56 bits per heavy atom. The number of hydrogen-bond acceptors (Lipinski definition) is 8. The monoisotopic (exact) mass is 715 g/mol. The second-order valence-corrected chi connectivity index (χ2v) is 14.2. The highest BCUT2D eigenvalue weighted by Gasteiger charge is 2.36. The highest BCUT2D eigenvalue weighted by Crippen LogP contribution is 2.32. The van der Waals surface area contributed by atoms with Gasteiger partial charge < -0.3 is 35.1 Å². The maximum atomic E-state index is 14.2. The van der Waals surface area contributed by atoms with E-state index >= 15 is 0 Å². The van der Waals surface area contributed by atoms with E-state index in [1.807, 2.05) is 99.6 Å². The van der Waals surface area contributed by atoms with E-state index in [2.05, 4.69) is 15.5 Å². The lowest BCUT2D eigenvalue weighted by Gasteiger charge is -2.33. The van der Waals surface area contributed by atoms with Gasteiger partial charge in [0.05, 0.1) is 37.5 Å². The number of aliphatic hydroxyl groups is 2. The summed E-state index contributed by atoms with van der Waals surface area (Å²) in [6.07, 6.45) is 0.850. The highest BCUT2D eigenvalue weighted by molar-refractivity contribution is 5.80. The van der Waals surface area contributed by atoms with E-state index in [4.69, 9.17) is 14.2 Å². The molecule has 5 atom stereocenters. The molecule has 10 heteroatoms. The van der Waals surface area contributed by atoms with E-state index in [1.165, 1.54) is 0 Å². The molecule has 4 N–H and O–H groups in total. The van der Waals surface area contributed by atoms with Crippen molar-refractivity contribution in [1.29, 1.82) is 0 Å². The fourth-order valence-corrected chi connectivity index (χ4v) is 7.38. The highest BCUT2D eigenvalue weighted by atomic mass is 16.6. The zero-order valence-corrected chi connectivity index (χ0v) is 31.0. The van der Waals surface area contributed by atoms with Gasteiger partial charge in [-0.3, -0.25) is 9.69 Å². The number of rotatable bonds is 18. The summed E-state index contributed by atoms with van der Waals surface area (Å²) >= 11 is 0. The van der Waals surface area contributed by atoms with E-state index in [0.29, 0.717) is 45.1 Å². The van der Waals surface area contributed by atoms with E-state index in [9.17, 15) is 19.8 Å². The predicted molar refractivity (Wildman–Crippen MR) is 201 cm³/mol. The zero-order chi connectivity index (χ0) is 36.9. The summed E-state index contributed by atoms with van der Waals surface area (Å²) in [7, 11) is 0. The van der Waals surface area contributed by atoms with Gasteiger partial charge in [-0.25, -0.2) is 4.79 Å². The number of carbonyl (C=O) groups excluding carboxylic acids is 2. The Morgan fingerprint density at radius 1 is 0.904 bits per heavy atom. The number of ether oxygens (including phenoxy) is 3. The molecule has 5 rings (SSSR count). The molecule has 1 saturated heterocycles. The molecule has 1 fully saturated rings. The van der Waals surface area contributed by atoms with Crippen LogP contribution in [0, 0.1) is 5.92 Å². The van der Waals surface area contributed by atoms with Gasteiger partial charge in [-0.2, -0.15) is 0 Å². The summed E-state index contributed by atoms with van der Waals surface area (Å²) < 4.78 is 17.4. The first-order valence-electron chi connectivity index (χ1n) is 19.0. The van der Waals surface area contributed by atoms with Gasteiger partial charge in [0, 0.05) is 32.0 Å². The maximum Gasteiger partial charge on any atom is 0.408 e. The average molecular weight is 716 g/mol. The smallest absolute Gasteiger partial charge is 0.408 e. The van der Waals surface area contributed by atoms with Crippen LogP contribution >= 0.6 is 0 Å². The van der Waals surface area contributed by atoms with Crippen molar-refractivity contribution >= 4 is 12.0 Å². The molecule has 3 aromatic rings. The van der Waals surface area contributed by atoms with Crippen molar-refractivity contribution < 1.29 is 34.0 Å². The van der Waals surface area contributed by atoms with Gasteiger partial charge in [0.1, 0.15) is 18.0 Å². The first-order valence-corrected chi connectivity index (χ1v) is 19.0. The van der Waals surface area contributed by atoms with Crippen molar-refractivity contribution in [2.75, 3.05) is 39.5 Å². The van der Waals surface area contributed by atoms with Gasteiger partial charge in [-0.1, -0.05) is 87.5 Å². The minimum atomic E-state index is -1.08. The number of aliphatic hydroxyl groups excluding tert-OH is 2. The summed E-state index contributed by atoms with van der Waals surface area (Å²) in [5.74, 6) is -0.189. The van der Waals surface area contributed by atoms with E-state index in [-0.39, 0.29) is 12.3 Å². The zero-order valence-electron chi connectivity index (χ0n) is 31.0. The molecule has 0 spiro atoms. The van der Waals surface area contributed by atoms with Gasteiger partial charge in [0.25, 0.3) is 0 Å². The van der Waals surface area contributed by atoms with Crippen molar-refractivity contribution in [3.63, 3.8) is 0 Å². The number of fused-ring (bicyclic) bond motifs is 1. The van der Waals surface area contributed by atoms with Gasteiger partial charge >= 0.3 is 6.09 Å². The van der Waals surface area contributed by atoms with Crippen molar-refractivity contribution in [2.45, 2.75) is 95.6 Å². The summed E-state index contributed by atoms with van der Waals surface area (Å²) in [5.41, 5.74) is 3.17. The molecule has 0 bridgehead atoms. The second kappa shape index (κ2) is 19.2. The molecule has 0 unspecified atom stereocenters. The van der Waals surface area contributed by atoms with Crippen LogP contribution < -0.4 is 15.4 Å². The number of benzene rings is 3. The summed E-state index contributed by atoms with van der Waals surface area (Å²) in [4.78, 5) is 29.9. The van der Waals surface area contributed by atoms with Gasteiger partial charge in [0.2, 0.25) is 5.91 Å². The van der Waals surface area contributed by atoms with Crippen molar-refractivity contribution in [3.05, 3.63) is 101 Å². The third-order valence-electron chi connectivity index (χ3n) is 10.9. The molecule has 10 nitrogen and oxygen atoms in total. The van der Waals surface area contributed by atoms with Crippen LogP contribution in [-0.2, 0) is 33.5 Å². The lowest BCUT2D eigenvalue weighted by Crippen LogP contribution is -2.49. The van der Waals surface area contributed by atoms with Crippen LogP contribution in [-0.4, -0.2) is 90.4 Å². The molecule has 1 aliphatic heterocycles. The molecule has 0 saturated carbocycles. The number of nitrogens with one attached hydrogen (secondary N) is 2. The average Bonchev–Trinajstić information content (AvgIpc) is 3.48. The molecular weight excluding hydrogens is 658 g/mol. The number of carbonyl (C=O) groups is 2. The Morgan fingerprint density at radius 3 is 2.25 bits per heavy atom. The normalized spacial score (nSPS) is 19.2. The largest absolute Gasteiger partial charge is 0.492 e. The third-order valence-corrected chi connectivity index (χ3v) is 10.9. The Labute approximate surface area is 308 Å². The maximum absolute atomic E-state index is 14.2. The van der Waals surface area contributed by atoms with E-state index in [1.54, 1.807) is 0 Å². The number of nitrogens with zero attached hydrogens (tertiary/aromatic N) is 1. The first kappa shape index (κ1) is 39.3. The topological polar surface area (TPSA) is 130 Å². The Balaban J connectivity index is 1.32. The molecule has 52 heavy (non-hydrogen) atoms.